The van der Waals surface area contributed by atoms with Crippen LogP contribution < -0.4 is 0 Å². The molecule has 1 atom stereocenters. The molecule has 0 N–H and O–H groups in total. The van der Waals surface area contributed by atoms with Gasteiger partial charge >= 0.3 is 0 Å². The number of nitrogens with zero attached hydrogens (tertiary/aromatic N) is 2. The average molecular weight is 275 g/mol. The monoisotopic (exact) mass is 274 g/mol. The summed E-state index contributed by atoms with van der Waals surface area (Å²) in [6.07, 6.45) is 2.14. The highest BCUT2D eigenvalue weighted by Crippen LogP contribution is 2.25. The molecular weight excluding hydrogens is 256 g/mol. The van der Waals surface area contributed by atoms with Crippen molar-refractivity contribution >= 4 is 22.9 Å². The largest absolute Gasteiger partial charge is 0.368 e. The van der Waals surface area contributed by atoms with Crippen LogP contribution in [0.1, 0.15) is 30.2 Å². The fraction of sp³-hybridized carbons (Fsp3) is 0.750. The maximum atomic E-state index is 5.79. The topological polar surface area (TPSA) is 25.4 Å². The molecule has 1 aliphatic rings. The fourth-order valence-corrected chi connectivity index (χ4v) is 3.00. The minimum atomic E-state index is 0.165. The highest BCUT2D eigenvalue weighted by Gasteiger charge is 2.23. The number of thiazole rings is 1. The van der Waals surface area contributed by atoms with E-state index in [-0.39, 0.29) is 6.10 Å². The lowest BCUT2D eigenvalue weighted by atomic mass is 10.2. The van der Waals surface area contributed by atoms with Gasteiger partial charge in [-0.2, -0.15) is 0 Å². The van der Waals surface area contributed by atoms with Crippen molar-refractivity contribution in [2.75, 3.05) is 32.1 Å². The van der Waals surface area contributed by atoms with E-state index in [1.807, 2.05) is 0 Å². The smallest absolute Gasteiger partial charge is 0.123 e. The molecule has 1 aromatic heterocycles. The third kappa shape index (κ3) is 3.65. The predicted molar refractivity (Wildman–Crippen MR) is 72.0 cm³/mol. The Balaban J connectivity index is 1.94. The number of hydrogen-bond donors (Lipinski definition) is 0. The third-order valence-corrected chi connectivity index (χ3v) is 4.26. The van der Waals surface area contributed by atoms with E-state index in [9.17, 15) is 0 Å². The molecule has 0 amide bonds. The molecule has 1 saturated heterocycles. The first-order chi connectivity index (χ1) is 8.33. The molecular formula is C12H19ClN2OS. The van der Waals surface area contributed by atoms with Crippen molar-refractivity contribution in [1.82, 2.24) is 9.88 Å². The minimum Gasteiger partial charge on any atom is -0.368 e. The summed E-state index contributed by atoms with van der Waals surface area (Å²) in [6.45, 7) is 6.10. The lowest BCUT2D eigenvalue weighted by Crippen LogP contribution is -2.38. The molecule has 3 nitrogen and oxygen atoms in total. The number of likely N-dealkylation sites (N-methyl/N-ethyl adjacent to an activating group) is 1. The highest BCUT2D eigenvalue weighted by atomic mass is 35.5. The molecule has 0 bridgehead atoms. The second-order valence-corrected chi connectivity index (χ2v) is 5.49. The first-order valence-corrected chi connectivity index (χ1v) is 7.59. The lowest BCUT2D eigenvalue weighted by molar-refractivity contribution is -0.0283. The Labute approximate surface area is 112 Å². The van der Waals surface area contributed by atoms with Crippen molar-refractivity contribution in [3.8, 4) is 0 Å². The normalized spacial score (nSPS) is 21.9. The molecule has 1 unspecified atom stereocenters. The van der Waals surface area contributed by atoms with Crippen molar-refractivity contribution in [1.29, 1.82) is 0 Å². The molecule has 96 valence electrons. The summed E-state index contributed by atoms with van der Waals surface area (Å²) in [6, 6.07) is 0. The van der Waals surface area contributed by atoms with Crippen LogP contribution in [-0.2, 0) is 11.2 Å². The van der Waals surface area contributed by atoms with Crippen LogP contribution in [0.2, 0.25) is 0 Å². The van der Waals surface area contributed by atoms with E-state index in [4.69, 9.17) is 16.3 Å². The van der Waals surface area contributed by atoms with Crippen molar-refractivity contribution in [2.24, 2.45) is 0 Å². The van der Waals surface area contributed by atoms with E-state index in [1.54, 1.807) is 11.3 Å². The number of rotatable bonds is 5. The van der Waals surface area contributed by atoms with Crippen molar-refractivity contribution in [2.45, 2.75) is 25.9 Å². The maximum Gasteiger partial charge on any atom is 0.123 e. The van der Waals surface area contributed by atoms with Crippen molar-refractivity contribution in [3.63, 3.8) is 0 Å². The molecule has 2 rings (SSSR count). The van der Waals surface area contributed by atoms with Crippen LogP contribution in [0.15, 0.2) is 5.38 Å². The first-order valence-electron chi connectivity index (χ1n) is 6.17. The number of hydrogen-bond acceptors (Lipinski definition) is 4. The average Bonchev–Trinajstić information content (AvgIpc) is 2.85. The summed E-state index contributed by atoms with van der Waals surface area (Å²) in [4.78, 5) is 7.06. The minimum absolute atomic E-state index is 0.165. The van der Waals surface area contributed by atoms with Crippen LogP contribution in [0.5, 0.6) is 0 Å². The Morgan fingerprint density at radius 2 is 2.53 bits per heavy atom. The summed E-state index contributed by atoms with van der Waals surface area (Å²) in [5.74, 6) is 0.705. The number of morpholine rings is 1. The van der Waals surface area contributed by atoms with Crippen molar-refractivity contribution in [3.05, 3.63) is 16.1 Å². The van der Waals surface area contributed by atoms with Gasteiger partial charge in [0.15, 0.2) is 0 Å². The molecule has 17 heavy (non-hydrogen) atoms. The van der Waals surface area contributed by atoms with Gasteiger partial charge < -0.3 is 4.74 Å². The van der Waals surface area contributed by atoms with Gasteiger partial charge in [0.25, 0.3) is 0 Å². The highest BCUT2D eigenvalue weighted by molar-refractivity contribution is 7.09. The number of alkyl halides is 1. The molecule has 0 aromatic carbocycles. The quantitative estimate of drug-likeness (QED) is 0.772. The molecule has 0 radical (unpaired) electrons. The fourth-order valence-electron chi connectivity index (χ4n) is 1.97. The zero-order chi connectivity index (χ0) is 12.1. The maximum absolute atomic E-state index is 5.79. The molecule has 2 heterocycles. The molecule has 0 spiro atoms. The van der Waals surface area contributed by atoms with E-state index in [0.29, 0.717) is 5.88 Å². The van der Waals surface area contributed by atoms with E-state index >= 15 is 0 Å². The van der Waals surface area contributed by atoms with Crippen LogP contribution in [0, 0.1) is 0 Å². The third-order valence-electron chi connectivity index (χ3n) is 3.01. The zero-order valence-electron chi connectivity index (χ0n) is 10.2. The SMILES string of the molecule is CCN1CCOC(c2nc(CCCCl)cs2)C1. The van der Waals surface area contributed by atoms with Gasteiger partial charge in [-0.1, -0.05) is 6.92 Å². The number of aromatic nitrogens is 1. The predicted octanol–water partition coefficient (Wildman–Crippen LogP) is 2.71. The van der Waals surface area contributed by atoms with E-state index in [0.717, 1.165) is 49.8 Å². The van der Waals surface area contributed by atoms with E-state index in [1.165, 1.54) is 0 Å². The van der Waals surface area contributed by atoms with E-state index < -0.39 is 0 Å². The summed E-state index contributed by atoms with van der Waals surface area (Å²) in [5.41, 5.74) is 1.16. The summed E-state index contributed by atoms with van der Waals surface area (Å²) >= 11 is 7.40. The van der Waals surface area contributed by atoms with Gasteiger partial charge in [0, 0.05) is 24.3 Å². The number of aryl methyl sites for hydroxylation is 1. The van der Waals surface area contributed by atoms with Gasteiger partial charge in [0.05, 0.1) is 12.3 Å². The Morgan fingerprint density at radius 1 is 1.65 bits per heavy atom. The molecule has 1 fully saturated rings. The second-order valence-electron chi connectivity index (χ2n) is 4.22. The first kappa shape index (κ1) is 13.3. The summed E-state index contributed by atoms with van der Waals surface area (Å²) < 4.78 is 5.79. The van der Waals surface area contributed by atoms with Gasteiger partial charge in [-0.3, -0.25) is 4.90 Å². The Morgan fingerprint density at radius 3 is 3.29 bits per heavy atom. The van der Waals surface area contributed by atoms with Crippen LogP contribution in [0.4, 0.5) is 0 Å². The summed E-state index contributed by atoms with van der Waals surface area (Å²) in [7, 11) is 0. The van der Waals surface area contributed by atoms with Crippen LogP contribution >= 0.6 is 22.9 Å². The van der Waals surface area contributed by atoms with Gasteiger partial charge in [-0.05, 0) is 19.4 Å². The number of ether oxygens (including phenoxy) is 1. The van der Waals surface area contributed by atoms with Crippen molar-refractivity contribution < 1.29 is 4.74 Å². The van der Waals surface area contributed by atoms with Gasteiger partial charge in [-0.25, -0.2) is 4.98 Å². The molecule has 5 heteroatoms. The Hall–Kier alpha value is -0.160. The van der Waals surface area contributed by atoms with Gasteiger partial charge in [0.2, 0.25) is 0 Å². The second kappa shape index (κ2) is 6.69. The van der Waals surface area contributed by atoms with Crippen LogP contribution in [0.3, 0.4) is 0 Å². The zero-order valence-corrected chi connectivity index (χ0v) is 11.8. The van der Waals surface area contributed by atoms with Crippen LogP contribution in [-0.4, -0.2) is 42.0 Å². The molecule has 0 saturated carbocycles. The van der Waals surface area contributed by atoms with Crippen LogP contribution in [0.25, 0.3) is 0 Å². The lowest BCUT2D eigenvalue weighted by Gasteiger charge is -2.30. The molecule has 0 aliphatic carbocycles. The Kier molecular flexibility index (Phi) is 5.22. The Bertz CT molecular complexity index is 345. The standard InChI is InChI=1S/C12H19ClN2OS/c1-2-15-6-7-16-11(8-15)12-14-10(9-17-12)4-3-5-13/h9,11H,2-8H2,1H3. The van der Waals surface area contributed by atoms with Gasteiger partial charge in [0.1, 0.15) is 11.1 Å². The molecule has 1 aliphatic heterocycles. The van der Waals surface area contributed by atoms with Gasteiger partial charge in [-0.15, -0.1) is 22.9 Å². The van der Waals surface area contributed by atoms with E-state index in [2.05, 4.69) is 22.2 Å². The molecule has 1 aromatic rings. The number of halogens is 1. The summed E-state index contributed by atoms with van der Waals surface area (Å²) in [5, 5.41) is 3.25.